The van der Waals surface area contributed by atoms with Crippen molar-refractivity contribution in [1.29, 1.82) is 0 Å². The van der Waals surface area contributed by atoms with E-state index in [2.05, 4.69) is 11.8 Å². The number of hydrogen-bond donors (Lipinski definition) is 0. The zero-order valence-electron chi connectivity index (χ0n) is 13.5. The first kappa shape index (κ1) is 17.9. The van der Waals surface area contributed by atoms with Crippen LogP contribution in [0, 0.1) is 18.8 Å². The van der Waals surface area contributed by atoms with Gasteiger partial charge in [0.25, 0.3) is 0 Å². The second-order valence-electron chi connectivity index (χ2n) is 5.26. The van der Waals surface area contributed by atoms with Crippen molar-refractivity contribution >= 4 is 16.3 Å². The Morgan fingerprint density at radius 1 is 1.04 bits per heavy atom. The lowest BCUT2D eigenvalue weighted by atomic mass is 10.2. The maximum Gasteiger partial charge on any atom is 0.243 e. The summed E-state index contributed by atoms with van der Waals surface area (Å²) >= 11 is 0. The Labute approximate surface area is 143 Å². The summed E-state index contributed by atoms with van der Waals surface area (Å²) in [5, 5.41) is 0. The Kier molecular flexibility index (Phi) is 6.30. The van der Waals surface area contributed by atoms with Gasteiger partial charge in [0.15, 0.2) is 0 Å². The maximum absolute atomic E-state index is 12.6. The molecule has 0 amide bonds. The summed E-state index contributed by atoms with van der Waals surface area (Å²) in [6, 6.07) is 16.1. The third kappa shape index (κ3) is 4.79. The summed E-state index contributed by atoms with van der Waals surface area (Å²) in [6.07, 6.45) is 0.949. The van der Waals surface area contributed by atoms with Crippen LogP contribution in [0.4, 0.5) is 0 Å². The number of hydrogen-bond acceptors (Lipinski definition) is 3. The molecule has 0 atom stereocenters. The average Bonchev–Trinajstić information content (AvgIpc) is 2.59. The van der Waals surface area contributed by atoms with E-state index in [9.17, 15) is 13.2 Å². The van der Waals surface area contributed by atoms with Gasteiger partial charge in [-0.2, -0.15) is 4.31 Å². The van der Waals surface area contributed by atoms with Crippen molar-refractivity contribution in [1.82, 2.24) is 4.31 Å². The second kappa shape index (κ2) is 8.44. The maximum atomic E-state index is 12.6. The summed E-state index contributed by atoms with van der Waals surface area (Å²) in [4.78, 5) is 11.0. The van der Waals surface area contributed by atoms with E-state index < -0.39 is 10.0 Å². The summed E-state index contributed by atoms with van der Waals surface area (Å²) in [7, 11) is -3.69. The van der Waals surface area contributed by atoms with E-state index in [-0.39, 0.29) is 18.0 Å². The molecule has 0 aromatic heterocycles. The van der Waals surface area contributed by atoms with E-state index >= 15 is 0 Å². The van der Waals surface area contributed by atoms with Crippen LogP contribution in [0.5, 0.6) is 0 Å². The van der Waals surface area contributed by atoms with Crippen LogP contribution >= 0.6 is 0 Å². The number of carbonyl (C=O) groups is 1. The van der Waals surface area contributed by atoms with Gasteiger partial charge < -0.3 is 4.79 Å². The standard InChI is InChI=1S/C19H19NO3S/c1-17-10-12-19(13-11-17)24(22,23)20(15-16-21)14-6-5-9-18-7-3-2-4-8-18/h2-4,7-8,10-13,16H,6,14-15H2,1H3. The van der Waals surface area contributed by atoms with Gasteiger partial charge in [-0.15, -0.1) is 0 Å². The van der Waals surface area contributed by atoms with Crippen LogP contribution in [0.2, 0.25) is 0 Å². The lowest BCUT2D eigenvalue weighted by Gasteiger charge is -2.18. The zero-order chi connectivity index (χ0) is 17.4. The molecule has 0 aliphatic heterocycles. The molecule has 0 N–H and O–H groups in total. The third-order valence-electron chi connectivity index (χ3n) is 3.43. The van der Waals surface area contributed by atoms with Crippen LogP contribution in [0.25, 0.3) is 0 Å². The normalized spacial score (nSPS) is 10.9. The van der Waals surface area contributed by atoms with Crippen molar-refractivity contribution in [2.24, 2.45) is 0 Å². The Morgan fingerprint density at radius 3 is 2.33 bits per heavy atom. The SMILES string of the molecule is Cc1ccc(S(=O)(=O)N(CC=O)CCC#Cc2ccccc2)cc1. The Bertz CT molecular complexity index is 832. The van der Waals surface area contributed by atoms with Gasteiger partial charge in [-0.3, -0.25) is 0 Å². The highest BCUT2D eigenvalue weighted by Gasteiger charge is 2.23. The van der Waals surface area contributed by atoms with Crippen molar-refractivity contribution in [2.75, 3.05) is 13.1 Å². The van der Waals surface area contributed by atoms with Crippen molar-refractivity contribution in [3.05, 3.63) is 65.7 Å². The van der Waals surface area contributed by atoms with Crippen molar-refractivity contribution in [3.63, 3.8) is 0 Å². The summed E-state index contributed by atoms with van der Waals surface area (Å²) in [5.41, 5.74) is 1.85. The van der Waals surface area contributed by atoms with Gasteiger partial charge >= 0.3 is 0 Å². The quantitative estimate of drug-likeness (QED) is 0.599. The van der Waals surface area contributed by atoms with Crippen molar-refractivity contribution in [2.45, 2.75) is 18.2 Å². The molecule has 0 aliphatic rings. The first-order valence-corrected chi connectivity index (χ1v) is 9.02. The van der Waals surface area contributed by atoms with Crippen LogP contribution < -0.4 is 0 Å². The fraction of sp³-hybridized carbons (Fsp3) is 0.211. The number of aldehydes is 1. The van der Waals surface area contributed by atoms with Crippen molar-refractivity contribution < 1.29 is 13.2 Å². The van der Waals surface area contributed by atoms with Crippen LogP contribution in [0.15, 0.2) is 59.5 Å². The predicted octanol–water partition coefficient (Wildman–Crippen LogP) is 2.63. The molecule has 0 heterocycles. The van der Waals surface area contributed by atoms with E-state index in [1.807, 2.05) is 37.3 Å². The van der Waals surface area contributed by atoms with Gasteiger partial charge in [-0.05, 0) is 31.2 Å². The van der Waals surface area contributed by atoms with Crippen LogP contribution in [-0.4, -0.2) is 32.1 Å². The molecule has 2 aromatic carbocycles. The zero-order valence-corrected chi connectivity index (χ0v) is 14.3. The van der Waals surface area contributed by atoms with E-state index in [1.54, 1.807) is 24.3 Å². The highest BCUT2D eigenvalue weighted by molar-refractivity contribution is 7.89. The topological polar surface area (TPSA) is 54.5 Å². The molecule has 4 nitrogen and oxygen atoms in total. The number of benzene rings is 2. The second-order valence-corrected chi connectivity index (χ2v) is 7.20. The van der Waals surface area contributed by atoms with Crippen molar-refractivity contribution in [3.8, 4) is 11.8 Å². The first-order chi connectivity index (χ1) is 11.5. The molecule has 24 heavy (non-hydrogen) atoms. The molecule has 5 heteroatoms. The number of rotatable bonds is 6. The lowest BCUT2D eigenvalue weighted by molar-refractivity contribution is -0.108. The molecular weight excluding hydrogens is 322 g/mol. The molecule has 0 bridgehead atoms. The van der Waals surface area contributed by atoms with Crippen LogP contribution in [-0.2, 0) is 14.8 Å². The van der Waals surface area contributed by atoms with E-state index in [4.69, 9.17) is 0 Å². The first-order valence-electron chi connectivity index (χ1n) is 7.58. The Morgan fingerprint density at radius 2 is 1.71 bits per heavy atom. The molecule has 0 saturated heterocycles. The monoisotopic (exact) mass is 341 g/mol. The molecule has 2 aromatic rings. The smallest absolute Gasteiger partial charge is 0.243 e. The van der Waals surface area contributed by atoms with E-state index in [1.165, 1.54) is 0 Å². The van der Waals surface area contributed by atoms with Gasteiger partial charge in [0.2, 0.25) is 10.0 Å². The molecular formula is C19H19NO3S. The third-order valence-corrected chi connectivity index (χ3v) is 5.31. The molecule has 2 rings (SSSR count). The predicted molar refractivity (Wildman–Crippen MR) is 93.9 cm³/mol. The number of nitrogens with zero attached hydrogens (tertiary/aromatic N) is 1. The lowest BCUT2D eigenvalue weighted by Crippen LogP contribution is -2.33. The highest BCUT2D eigenvalue weighted by atomic mass is 32.2. The molecule has 124 valence electrons. The molecule has 0 saturated carbocycles. The van der Waals surface area contributed by atoms with E-state index in [0.29, 0.717) is 12.7 Å². The summed E-state index contributed by atoms with van der Waals surface area (Å²) < 4.78 is 26.4. The fourth-order valence-corrected chi connectivity index (χ4v) is 3.49. The van der Waals surface area contributed by atoms with Crippen LogP contribution in [0.3, 0.4) is 0 Å². The number of sulfonamides is 1. The minimum absolute atomic E-state index is 0.175. The molecule has 0 spiro atoms. The number of carbonyl (C=O) groups excluding carboxylic acids is 1. The number of aryl methyl sites for hydroxylation is 1. The van der Waals surface area contributed by atoms with Gasteiger partial charge in [0.05, 0.1) is 11.4 Å². The highest BCUT2D eigenvalue weighted by Crippen LogP contribution is 2.16. The summed E-state index contributed by atoms with van der Waals surface area (Å²) in [6.45, 7) is 1.89. The Hall–Kier alpha value is -2.42. The molecule has 0 unspecified atom stereocenters. The minimum Gasteiger partial charge on any atom is -0.302 e. The molecule has 0 aliphatic carbocycles. The van der Waals surface area contributed by atoms with Gasteiger partial charge in [-0.25, -0.2) is 8.42 Å². The van der Waals surface area contributed by atoms with Gasteiger partial charge in [0, 0.05) is 18.5 Å². The minimum atomic E-state index is -3.69. The molecule has 0 fully saturated rings. The fourth-order valence-electron chi connectivity index (χ4n) is 2.12. The van der Waals surface area contributed by atoms with Gasteiger partial charge in [-0.1, -0.05) is 47.7 Å². The Balaban J connectivity index is 2.10. The van der Waals surface area contributed by atoms with Crippen LogP contribution in [0.1, 0.15) is 17.5 Å². The van der Waals surface area contributed by atoms with E-state index in [0.717, 1.165) is 15.4 Å². The van der Waals surface area contributed by atoms with Gasteiger partial charge in [0.1, 0.15) is 6.29 Å². The average molecular weight is 341 g/mol. The summed E-state index contributed by atoms with van der Waals surface area (Å²) in [5.74, 6) is 5.93. The molecule has 0 radical (unpaired) electrons. The largest absolute Gasteiger partial charge is 0.302 e.